The lowest BCUT2D eigenvalue weighted by atomic mass is 10.0. The first-order chi connectivity index (χ1) is 10.7. The first-order valence-electron chi connectivity index (χ1n) is 7.05. The van der Waals surface area contributed by atoms with Crippen LogP contribution in [0.2, 0.25) is 0 Å². The number of nitrogens with zero attached hydrogens (tertiary/aromatic N) is 1. The molecule has 2 amide bonds. The van der Waals surface area contributed by atoms with Crippen molar-refractivity contribution in [2.75, 3.05) is 13.2 Å². The molecule has 1 saturated heterocycles. The van der Waals surface area contributed by atoms with Crippen LogP contribution in [0.3, 0.4) is 0 Å². The van der Waals surface area contributed by atoms with Crippen LogP contribution in [0.15, 0.2) is 12.1 Å². The molecule has 128 valence electrons. The molecule has 0 radical (unpaired) electrons. The number of carbonyl (C=O) groups excluding carboxylic acids is 2. The average Bonchev–Trinajstić information content (AvgIpc) is 3.10. The molecule has 23 heavy (non-hydrogen) atoms. The van der Waals surface area contributed by atoms with Gasteiger partial charge in [-0.3, -0.25) is 9.59 Å². The monoisotopic (exact) mass is 350 g/mol. The number of halogens is 3. The van der Waals surface area contributed by atoms with Crippen molar-refractivity contribution in [1.82, 2.24) is 10.2 Å². The second-order valence-electron chi connectivity index (χ2n) is 5.36. The highest BCUT2D eigenvalue weighted by Gasteiger charge is 2.51. The van der Waals surface area contributed by atoms with E-state index in [1.807, 2.05) is 0 Å². The smallest absolute Gasteiger partial charge is 0.393 e. The van der Waals surface area contributed by atoms with Crippen molar-refractivity contribution in [3.05, 3.63) is 21.9 Å². The summed E-state index contributed by atoms with van der Waals surface area (Å²) in [7, 11) is 0. The molecule has 5 nitrogen and oxygen atoms in total. The highest BCUT2D eigenvalue weighted by molar-refractivity contribution is 7.14. The lowest BCUT2D eigenvalue weighted by Gasteiger charge is -2.27. The lowest BCUT2D eigenvalue weighted by molar-refractivity contribution is -0.181. The highest BCUT2D eigenvalue weighted by Crippen LogP contribution is 2.39. The zero-order valence-electron chi connectivity index (χ0n) is 12.4. The minimum Gasteiger partial charge on any atom is -0.394 e. The molecular formula is C14H17F3N2O3S. The van der Waals surface area contributed by atoms with Gasteiger partial charge in [0.2, 0.25) is 5.91 Å². The van der Waals surface area contributed by atoms with Gasteiger partial charge in [0.25, 0.3) is 5.91 Å². The van der Waals surface area contributed by atoms with E-state index in [0.29, 0.717) is 4.88 Å². The van der Waals surface area contributed by atoms with Gasteiger partial charge in [-0.2, -0.15) is 13.2 Å². The maximum atomic E-state index is 12.9. The largest absolute Gasteiger partial charge is 0.394 e. The molecule has 0 aliphatic carbocycles. The molecule has 1 aliphatic rings. The lowest BCUT2D eigenvalue weighted by Crippen LogP contribution is -2.43. The number of rotatable bonds is 4. The van der Waals surface area contributed by atoms with Crippen molar-refractivity contribution in [3.63, 3.8) is 0 Å². The Kier molecular flexibility index (Phi) is 5.30. The molecule has 0 saturated carbocycles. The fourth-order valence-electron chi connectivity index (χ4n) is 2.65. The van der Waals surface area contributed by atoms with Crippen molar-refractivity contribution >= 4 is 23.2 Å². The Hall–Kier alpha value is -1.61. The van der Waals surface area contributed by atoms with Gasteiger partial charge in [0.15, 0.2) is 0 Å². The molecule has 0 spiro atoms. The fraction of sp³-hybridized carbons (Fsp3) is 0.571. The van der Waals surface area contributed by atoms with Crippen molar-refractivity contribution in [1.29, 1.82) is 0 Å². The summed E-state index contributed by atoms with van der Waals surface area (Å²) >= 11 is 1.12. The van der Waals surface area contributed by atoms with Gasteiger partial charge in [0.1, 0.15) is 0 Å². The van der Waals surface area contributed by atoms with Crippen molar-refractivity contribution in [3.8, 4) is 0 Å². The number of amides is 2. The Morgan fingerprint density at radius 3 is 2.70 bits per heavy atom. The van der Waals surface area contributed by atoms with E-state index in [-0.39, 0.29) is 25.4 Å². The number of thiophene rings is 1. The number of carbonyl (C=O) groups is 2. The van der Waals surface area contributed by atoms with Crippen molar-refractivity contribution in [2.24, 2.45) is 5.92 Å². The van der Waals surface area contributed by atoms with Gasteiger partial charge in [0.05, 0.1) is 30.0 Å². The molecule has 2 heterocycles. The molecule has 1 aliphatic heterocycles. The maximum Gasteiger partial charge on any atom is 0.393 e. The molecule has 0 bridgehead atoms. The van der Waals surface area contributed by atoms with Gasteiger partial charge in [-0.05, 0) is 18.6 Å². The number of likely N-dealkylation sites (tertiary alicyclic amines) is 1. The number of aliphatic hydroxyl groups is 1. The fourth-order valence-corrected chi connectivity index (χ4v) is 3.56. The van der Waals surface area contributed by atoms with Crippen LogP contribution in [0.25, 0.3) is 0 Å². The minimum absolute atomic E-state index is 0.0346. The molecule has 2 atom stereocenters. The molecule has 0 aromatic carbocycles. The summed E-state index contributed by atoms with van der Waals surface area (Å²) in [6.07, 6.45) is -4.64. The van der Waals surface area contributed by atoms with E-state index >= 15 is 0 Å². The number of hydrogen-bond donors (Lipinski definition) is 2. The zero-order chi connectivity index (χ0) is 17.2. The van der Waals surface area contributed by atoms with Crippen LogP contribution >= 0.6 is 11.3 Å². The second-order valence-corrected chi connectivity index (χ2v) is 6.53. The number of hydrogen-bond acceptors (Lipinski definition) is 4. The molecular weight excluding hydrogens is 333 g/mol. The first-order valence-corrected chi connectivity index (χ1v) is 7.87. The Bertz CT molecular complexity index is 588. The molecule has 2 rings (SSSR count). The average molecular weight is 350 g/mol. The van der Waals surface area contributed by atoms with Crippen molar-refractivity contribution < 1.29 is 27.9 Å². The third-order valence-electron chi connectivity index (χ3n) is 3.80. The molecule has 9 heteroatoms. The zero-order valence-corrected chi connectivity index (χ0v) is 13.2. The molecule has 1 fully saturated rings. The summed E-state index contributed by atoms with van der Waals surface area (Å²) < 4.78 is 38.8. The maximum absolute atomic E-state index is 12.9. The SMILES string of the molecule is CC(=O)NCc1ccc(C(=O)N2CC[C@@H](C(F)(F)F)[C@@H]2CO)s1. The van der Waals surface area contributed by atoms with Crippen LogP contribution < -0.4 is 5.32 Å². The number of alkyl halides is 3. The van der Waals surface area contributed by atoms with Gasteiger partial charge < -0.3 is 15.3 Å². The van der Waals surface area contributed by atoms with E-state index in [2.05, 4.69) is 5.32 Å². The van der Waals surface area contributed by atoms with Crippen LogP contribution in [0.5, 0.6) is 0 Å². The van der Waals surface area contributed by atoms with Crippen LogP contribution in [0.1, 0.15) is 27.9 Å². The Morgan fingerprint density at radius 2 is 2.13 bits per heavy atom. The van der Waals surface area contributed by atoms with Crippen LogP contribution in [-0.2, 0) is 11.3 Å². The third kappa shape index (κ3) is 4.03. The summed E-state index contributed by atoms with van der Waals surface area (Å²) in [6, 6.07) is 1.93. The normalized spacial score (nSPS) is 21.5. The third-order valence-corrected chi connectivity index (χ3v) is 4.87. The van der Waals surface area contributed by atoms with E-state index in [9.17, 15) is 27.9 Å². The summed E-state index contributed by atoms with van der Waals surface area (Å²) in [5.74, 6) is -2.43. The Labute approximate surface area is 135 Å². The standard InChI is InChI=1S/C14H17F3N2O3S/c1-8(21)18-6-9-2-3-12(23-9)13(22)19-5-4-10(11(19)7-20)14(15,16)17/h2-3,10-11,20H,4-7H2,1H3,(H,18,21)/t10-,11+/m1/s1. The van der Waals surface area contributed by atoms with Gasteiger partial charge in [-0.15, -0.1) is 11.3 Å². The summed E-state index contributed by atoms with van der Waals surface area (Å²) in [4.78, 5) is 25.4. The van der Waals surface area contributed by atoms with E-state index in [4.69, 9.17) is 0 Å². The first kappa shape index (κ1) is 17.7. The second kappa shape index (κ2) is 6.88. The molecule has 1 aromatic rings. The van der Waals surface area contributed by atoms with Gasteiger partial charge in [-0.1, -0.05) is 0 Å². The van der Waals surface area contributed by atoms with Gasteiger partial charge >= 0.3 is 6.18 Å². The summed E-state index contributed by atoms with van der Waals surface area (Å²) in [6.45, 7) is 0.877. The van der Waals surface area contributed by atoms with Gasteiger partial charge in [-0.25, -0.2) is 0 Å². The summed E-state index contributed by atoms with van der Waals surface area (Å²) in [5.41, 5.74) is 0. The van der Waals surface area contributed by atoms with E-state index < -0.39 is 30.7 Å². The molecule has 0 unspecified atom stereocenters. The van der Waals surface area contributed by atoms with Crippen LogP contribution in [-0.4, -0.2) is 47.2 Å². The topological polar surface area (TPSA) is 69.6 Å². The minimum atomic E-state index is -4.44. The molecule has 1 aromatic heterocycles. The summed E-state index contributed by atoms with van der Waals surface area (Å²) in [5, 5.41) is 11.9. The van der Waals surface area contributed by atoms with Gasteiger partial charge in [0, 0.05) is 18.3 Å². The number of nitrogens with one attached hydrogen (secondary N) is 1. The van der Waals surface area contributed by atoms with Crippen molar-refractivity contribution in [2.45, 2.75) is 32.1 Å². The van der Waals surface area contributed by atoms with Crippen LogP contribution in [0, 0.1) is 5.92 Å². The highest BCUT2D eigenvalue weighted by atomic mass is 32.1. The van der Waals surface area contributed by atoms with E-state index in [0.717, 1.165) is 21.1 Å². The number of aliphatic hydroxyl groups excluding tert-OH is 1. The quantitative estimate of drug-likeness (QED) is 0.870. The van der Waals surface area contributed by atoms with Crippen LogP contribution in [0.4, 0.5) is 13.2 Å². The molecule has 2 N–H and O–H groups in total. The van der Waals surface area contributed by atoms with E-state index in [1.165, 1.54) is 13.0 Å². The predicted molar refractivity (Wildman–Crippen MR) is 77.9 cm³/mol. The Balaban J connectivity index is 2.09. The Morgan fingerprint density at radius 1 is 1.43 bits per heavy atom. The predicted octanol–water partition coefficient (Wildman–Crippen LogP) is 1.77. The van der Waals surface area contributed by atoms with E-state index in [1.54, 1.807) is 6.07 Å².